The SMILES string of the molecule is Nc1nc(=O)n([C@@H]2O[C@H](C(O)=CF)[C@@H](O)[C@H]2O)cc1CO. The molecule has 0 bridgehead atoms. The molecule has 1 saturated heterocycles. The maximum Gasteiger partial charge on any atom is 0.351 e. The number of aliphatic hydroxyl groups is 4. The van der Waals surface area contributed by atoms with Crippen LogP contribution in [0.1, 0.15) is 11.8 Å². The molecule has 9 nitrogen and oxygen atoms in total. The van der Waals surface area contributed by atoms with Gasteiger partial charge in [0.1, 0.15) is 30.5 Å². The third-order valence-electron chi connectivity index (χ3n) is 3.15. The Morgan fingerprint density at radius 2 is 2.19 bits per heavy atom. The predicted molar refractivity (Wildman–Crippen MR) is 66.6 cm³/mol. The van der Waals surface area contributed by atoms with E-state index in [0.717, 1.165) is 10.8 Å². The molecule has 4 atom stereocenters. The Kier molecular flexibility index (Phi) is 4.23. The molecule has 1 aromatic heterocycles. The van der Waals surface area contributed by atoms with E-state index in [1.54, 1.807) is 0 Å². The quantitative estimate of drug-likeness (QED) is 0.415. The maximum atomic E-state index is 12.3. The molecule has 21 heavy (non-hydrogen) atoms. The van der Waals surface area contributed by atoms with Gasteiger partial charge in [0.05, 0.1) is 6.61 Å². The molecule has 116 valence electrons. The summed E-state index contributed by atoms with van der Waals surface area (Å²) in [5.41, 5.74) is 4.63. The van der Waals surface area contributed by atoms with Gasteiger partial charge in [-0.2, -0.15) is 4.98 Å². The minimum absolute atomic E-state index is 0.105. The van der Waals surface area contributed by atoms with Gasteiger partial charge in [-0.15, -0.1) is 0 Å². The molecule has 6 N–H and O–H groups in total. The molecule has 0 aromatic carbocycles. The fourth-order valence-corrected chi connectivity index (χ4v) is 2.02. The molecule has 1 aromatic rings. The number of ether oxygens (including phenoxy) is 1. The Hall–Kier alpha value is -2.01. The molecule has 0 unspecified atom stereocenters. The summed E-state index contributed by atoms with van der Waals surface area (Å²) in [5, 5.41) is 37.9. The van der Waals surface area contributed by atoms with Crippen LogP contribution >= 0.6 is 0 Å². The smallest absolute Gasteiger partial charge is 0.351 e. The van der Waals surface area contributed by atoms with Crippen molar-refractivity contribution < 1.29 is 29.6 Å². The first-order valence-corrected chi connectivity index (χ1v) is 5.90. The number of anilines is 1. The van der Waals surface area contributed by atoms with E-state index in [9.17, 15) is 24.5 Å². The topological polar surface area (TPSA) is 151 Å². The molecule has 0 aliphatic carbocycles. The van der Waals surface area contributed by atoms with Crippen LogP contribution in [0.15, 0.2) is 23.1 Å². The summed E-state index contributed by atoms with van der Waals surface area (Å²) in [5.74, 6) is -1.11. The van der Waals surface area contributed by atoms with Crippen LogP contribution in [0.25, 0.3) is 0 Å². The van der Waals surface area contributed by atoms with Crippen molar-refractivity contribution in [3.63, 3.8) is 0 Å². The highest BCUT2D eigenvalue weighted by Gasteiger charge is 2.46. The van der Waals surface area contributed by atoms with Crippen LogP contribution < -0.4 is 11.4 Å². The zero-order chi connectivity index (χ0) is 15.7. The second-order valence-corrected chi connectivity index (χ2v) is 4.46. The van der Waals surface area contributed by atoms with Crippen molar-refractivity contribution in [2.24, 2.45) is 0 Å². The van der Waals surface area contributed by atoms with E-state index >= 15 is 0 Å². The second kappa shape index (κ2) is 5.77. The number of nitrogen functional groups attached to an aromatic ring is 1. The fourth-order valence-electron chi connectivity index (χ4n) is 2.02. The molecule has 1 aliphatic heterocycles. The molecule has 0 radical (unpaired) electrons. The molecular formula is C11H14FN3O6. The van der Waals surface area contributed by atoms with E-state index in [4.69, 9.17) is 15.6 Å². The number of nitrogens with zero attached hydrogens (tertiary/aromatic N) is 2. The largest absolute Gasteiger partial charge is 0.507 e. The lowest BCUT2D eigenvalue weighted by atomic mass is 10.1. The molecule has 0 spiro atoms. The summed E-state index contributed by atoms with van der Waals surface area (Å²) in [7, 11) is 0. The number of halogens is 1. The summed E-state index contributed by atoms with van der Waals surface area (Å²) < 4.78 is 18.2. The predicted octanol–water partition coefficient (Wildman–Crippen LogP) is -1.69. The van der Waals surface area contributed by atoms with Gasteiger partial charge in [-0.3, -0.25) is 4.57 Å². The first kappa shape index (κ1) is 15.4. The number of rotatable bonds is 3. The Morgan fingerprint density at radius 1 is 1.52 bits per heavy atom. The summed E-state index contributed by atoms with van der Waals surface area (Å²) in [6, 6.07) is 0. The lowest BCUT2D eigenvalue weighted by Crippen LogP contribution is -2.36. The van der Waals surface area contributed by atoms with Gasteiger partial charge in [0.2, 0.25) is 0 Å². The number of hydrogen-bond acceptors (Lipinski definition) is 8. The van der Waals surface area contributed by atoms with Crippen molar-refractivity contribution in [3.8, 4) is 0 Å². The average Bonchev–Trinajstić information content (AvgIpc) is 2.75. The number of aromatic nitrogens is 2. The highest BCUT2D eigenvalue weighted by molar-refractivity contribution is 5.36. The van der Waals surface area contributed by atoms with Crippen LogP contribution in [-0.2, 0) is 11.3 Å². The minimum atomic E-state index is -1.65. The van der Waals surface area contributed by atoms with E-state index in [1.165, 1.54) is 0 Å². The number of aliphatic hydroxyl groups excluding tert-OH is 4. The first-order chi connectivity index (χ1) is 9.90. The van der Waals surface area contributed by atoms with Gasteiger partial charge in [-0.1, -0.05) is 0 Å². The number of nitrogens with two attached hydrogens (primary N) is 1. The van der Waals surface area contributed by atoms with E-state index < -0.39 is 42.6 Å². The summed E-state index contributed by atoms with van der Waals surface area (Å²) in [4.78, 5) is 15.2. The van der Waals surface area contributed by atoms with Crippen LogP contribution in [0, 0.1) is 0 Å². The van der Waals surface area contributed by atoms with Crippen molar-refractivity contribution in [2.75, 3.05) is 5.73 Å². The van der Waals surface area contributed by atoms with Gasteiger partial charge in [-0.05, 0) is 0 Å². The first-order valence-electron chi connectivity index (χ1n) is 5.90. The Labute approximate surface area is 117 Å². The van der Waals surface area contributed by atoms with Gasteiger partial charge >= 0.3 is 5.69 Å². The average molecular weight is 303 g/mol. The monoisotopic (exact) mass is 303 g/mol. The van der Waals surface area contributed by atoms with E-state index in [0.29, 0.717) is 0 Å². The maximum absolute atomic E-state index is 12.3. The number of hydrogen-bond donors (Lipinski definition) is 5. The molecule has 1 fully saturated rings. The van der Waals surface area contributed by atoms with Crippen LogP contribution in [0.5, 0.6) is 0 Å². The molecule has 0 amide bonds. The van der Waals surface area contributed by atoms with Crippen molar-refractivity contribution >= 4 is 5.82 Å². The molecule has 10 heteroatoms. The van der Waals surface area contributed by atoms with Crippen molar-refractivity contribution in [2.45, 2.75) is 31.1 Å². The van der Waals surface area contributed by atoms with Crippen molar-refractivity contribution in [3.05, 3.63) is 34.3 Å². The Morgan fingerprint density at radius 3 is 2.76 bits per heavy atom. The summed E-state index contributed by atoms with van der Waals surface area (Å²) in [6.45, 7) is -0.510. The van der Waals surface area contributed by atoms with Crippen LogP contribution in [0.4, 0.5) is 10.2 Å². The third-order valence-corrected chi connectivity index (χ3v) is 3.15. The summed E-state index contributed by atoms with van der Waals surface area (Å²) >= 11 is 0. The molecule has 2 rings (SSSR count). The van der Waals surface area contributed by atoms with Crippen LogP contribution in [0.3, 0.4) is 0 Å². The van der Waals surface area contributed by atoms with Gasteiger partial charge in [0.15, 0.2) is 12.0 Å². The lowest BCUT2D eigenvalue weighted by molar-refractivity contribution is -0.0396. The fraction of sp³-hybridized carbons (Fsp3) is 0.455. The highest BCUT2D eigenvalue weighted by Crippen LogP contribution is 2.31. The van der Waals surface area contributed by atoms with Gasteiger partial charge in [0.25, 0.3) is 0 Å². The van der Waals surface area contributed by atoms with E-state index in [2.05, 4.69) is 4.98 Å². The Balaban J connectivity index is 2.41. The van der Waals surface area contributed by atoms with Crippen molar-refractivity contribution in [1.29, 1.82) is 0 Å². The Bertz CT molecular complexity index is 618. The molecule has 1 aliphatic rings. The van der Waals surface area contributed by atoms with Crippen LogP contribution in [0.2, 0.25) is 0 Å². The summed E-state index contributed by atoms with van der Waals surface area (Å²) in [6.07, 6.45) is -5.30. The molecule has 0 saturated carbocycles. The van der Waals surface area contributed by atoms with E-state index in [1.807, 2.05) is 0 Å². The van der Waals surface area contributed by atoms with Crippen molar-refractivity contribution in [1.82, 2.24) is 9.55 Å². The molecular weight excluding hydrogens is 289 g/mol. The zero-order valence-corrected chi connectivity index (χ0v) is 10.6. The van der Waals surface area contributed by atoms with Crippen LogP contribution in [-0.4, -0.2) is 48.3 Å². The normalized spacial score (nSPS) is 29.8. The van der Waals surface area contributed by atoms with Gasteiger partial charge < -0.3 is 30.9 Å². The lowest BCUT2D eigenvalue weighted by Gasteiger charge is -2.18. The highest BCUT2D eigenvalue weighted by atomic mass is 19.1. The van der Waals surface area contributed by atoms with Gasteiger partial charge in [-0.25, -0.2) is 9.18 Å². The van der Waals surface area contributed by atoms with Gasteiger partial charge in [0, 0.05) is 11.8 Å². The zero-order valence-electron chi connectivity index (χ0n) is 10.6. The molecule has 2 heterocycles. The van der Waals surface area contributed by atoms with E-state index in [-0.39, 0.29) is 17.7 Å². The third kappa shape index (κ3) is 2.61. The second-order valence-electron chi connectivity index (χ2n) is 4.46. The standard InChI is InChI=1S/C11H14FN3O6/c12-1-5(17)8-6(18)7(19)10(21-8)15-2-4(3-16)9(13)14-11(15)20/h1-2,6-8,10,16-19H,3H2,(H2,13,14,20)/t6-,7+,8+,10+/m0/s1. The minimum Gasteiger partial charge on any atom is -0.507 e.